The van der Waals surface area contributed by atoms with Crippen LogP contribution < -0.4 is 0 Å². The van der Waals surface area contributed by atoms with Crippen molar-refractivity contribution in [1.82, 2.24) is 4.31 Å². The molecule has 1 atom stereocenters. The van der Waals surface area contributed by atoms with Gasteiger partial charge in [-0.05, 0) is 24.6 Å². The second kappa shape index (κ2) is 5.79. The van der Waals surface area contributed by atoms with Crippen LogP contribution in [0.25, 0.3) is 0 Å². The van der Waals surface area contributed by atoms with Crippen molar-refractivity contribution < 1.29 is 22.3 Å². The van der Waals surface area contributed by atoms with Crippen LogP contribution >= 0.6 is 15.9 Å². The van der Waals surface area contributed by atoms with Gasteiger partial charge in [-0.15, -0.1) is 0 Å². The van der Waals surface area contributed by atoms with Crippen LogP contribution in [-0.4, -0.2) is 38.9 Å². The highest BCUT2D eigenvalue weighted by atomic mass is 79.9. The zero-order valence-electron chi connectivity index (χ0n) is 10.7. The topological polar surface area (TPSA) is 63.7 Å². The molecule has 1 heterocycles. The average molecular weight is 366 g/mol. The maximum atomic E-state index is 13.8. The molecule has 0 bridgehead atoms. The van der Waals surface area contributed by atoms with Gasteiger partial charge in [-0.25, -0.2) is 12.8 Å². The van der Waals surface area contributed by atoms with Gasteiger partial charge in [0.15, 0.2) is 0 Å². The molecule has 1 fully saturated rings. The van der Waals surface area contributed by atoms with Crippen molar-refractivity contribution in [3.05, 3.63) is 28.5 Å². The first-order chi connectivity index (χ1) is 9.36. The van der Waals surface area contributed by atoms with Gasteiger partial charge in [0, 0.05) is 17.6 Å². The van der Waals surface area contributed by atoms with Crippen LogP contribution in [0.2, 0.25) is 0 Å². The van der Waals surface area contributed by atoms with E-state index in [0.29, 0.717) is 10.9 Å². The van der Waals surface area contributed by atoms with Crippen molar-refractivity contribution in [3.8, 4) is 0 Å². The van der Waals surface area contributed by atoms with E-state index in [1.807, 2.05) is 0 Å². The molecule has 1 aromatic rings. The van der Waals surface area contributed by atoms with Crippen LogP contribution in [-0.2, 0) is 19.6 Å². The van der Waals surface area contributed by atoms with E-state index in [2.05, 4.69) is 20.7 Å². The van der Waals surface area contributed by atoms with Crippen molar-refractivity contribution >= 4 is 31.9 Å². The van der Waals surface area contributed by atoms with Crippen LogP contribution in [0.15, 0.2) is 27.6 Å². The Hall–Kier alpha value is -0.990. The maximum Gasteiger partial charge on any atom is 0.310 e. The summed E-state index contributed by atoms with van der Waals surface area (Å²) in [6.07, 6.45) is 0.379. The Morgan fingerprint density at radius 1 is 1.50 bits per heavy atom. The number of halogens is 2. The molecular formula is C12H13BrFNO4S. The van der Waals surface area contributed by atoms with Gasteiger partial charge in [0.2, 0.25) is 10.0 Å². The first-order valence-electron chi connectivity index (χ1n) is 5.89. The lowest BCUT2D eigenvalue weighted by atomic mass is 10.1. The SMILES string of the molecule is COC(=O)C1CCN(S(=O)(=O)c2ccc(Br)cc2F)C1. The normalized spacial score (nSPS) is 20.1. The molecule has 110 valence electrons. The Labute approximate surface area is 124 Å². The number of rotatable bonds is 3. The summed E-state index contributed by atoms with van der Waals surface area (Å²) in [5.74, 6) is -1.76. The first-order valence-corrected chi connectivity index (χ1v) is 8.12. The molecule has 0 aromatic heterocycles. The molecule has 0 spiro atoms. The fraction of sp³-hybridized carbons (Fsp3) is 0.417. The highest BCUT2D eigenvalue weighted by Crippen LogP contribution is 2.27. The van der Waals surface area contributed by atoms with Gasteiger partial charge >= 0.3 is 5.97 Å². The fourth-order valence-corrected chi connectivity index (χ4v) is 4.01. The molecule has 0 saturated carbocycles. The lowest BCUT2D eigenvalue weighted by Crippen LogP contribution is -2.31. The van der Waals surface area contributed by atoms with Crippen LogP contribution in [0.5, 0.6) is 0 Å². The number of carbonyl (C=O) groups excluding carboxylic acids is 1. The van der Waals surface area contributed by atoms with Crippen LogP contribution in [0.4, 0.5) is 4.39 Å². The summed E-state index contributed by atoms with van der Waals surface area (Å²) >= 11 is 3.07. The standard InChI is InChI=1S/C12H13BrFNO4S/c1-19-12(16)8-4-5-15(7-8)20(17,18)11-3-2-9(13)6-10(11)14/h2-3,6,8H,4-5,7H2,1H3. The van der Waals surface area contributed by atoms with E-state index in [1.165, 1.54) is 19.2 Å². The summed E-state index contributed by atoms with van der Waals surface area (Å²) in [4.78, 5) is 11.0. The van der Waals surface area contributed by atoms with E-state index in [0.717, 1.165) is 10.4 Å². The highest BCUT2D eigenvalue weighted by Gasteiger charge is 2.37. The molecule has 1 aliphatic heterocycles. The van der Waals surface area contributed by atoms with Gasteiger partial charge in [-0.3, -0.25) is 4.79 Å². The Morgan fingerprint density at radius 3 is 2.80 bits per heavy atom. The van der Waals surface area contributed by atoms with E-state index >= 15 is 0 Å². The van der Waals surface area contributed by atoms with Gasteiger partial charge in [-0.2, -0.15) is 4.31 Å². The smallest absolute Gasteiger partial charge is 0.310 e. The molecule has 1 aromatic carbocycles. The van der Waals surface area contributed by atoms with E-state index in [9.17, 15) is 17.6 Å². The van der Waals surface area contributed by atoms with Crippen molar-refractivity contribution in [2.24, 2.45) is 5.92 Å². The van der Waals surface area contributed by atoms with E-state index in [-0.39, 0.29) is 18.0 Å². The number of nitrogens with zero attached hydrogens (tertiary/aromatic N) is 1. The molecule has 1 aliphatic rings. The third kappa shape index (κ3) is 2.87. The second-order valence-electron chi connectivity index (χ2n) is 4.45. The molecular weight excluding hydrogens is 353 g/mol. The second-order valence-corrected chi connectivity index (χ2v) is 7.27. The Bertz CT molecular complexity index is 634. The summed E-state index contributed by atoms with van der Waals surface area (Å²) in [5.41, 5.74) is 0. The van der Waals surface area contributed by atoms with E-state index < -0.39 is 27.7 Å². The third-order valence-electron chi connectivity index (χ3n) is 3.20. The minimum atomic E-state index is -3.93. The van der Waals surface area contributed by atoms with Crippen molar-refractivity contribution in [2.75, 3.05) is 20.2 Å². The number of esters is 1. The largest absolute Gasteiger partial charge is 0.469 e. The van der Waals surface area contributed by atoms with E-state index in [4.69, 9.17) is 0 Å². The molecule has 1 saturated heterocycles. The molecule has 8 heteroatoms. The van der Waals surface area contributed by atoms with Gasteiger partial charge in [0.05, 0.1) is 13.0 Å². The predicted molar refractivity (Wildman–Crippen MR) is 73.0 cm³/mol. The van der Waals surface area contributed by atoms with Crippen molar-refractivity contribution in [3.63, 3.8) is 0 Å². The molecule has 0 aliphatic carbocycles. The number of benzene rings is 1. The lowest BCUT2D eigenvalue weighted by molar-refractivity contribution is -0.144. The summed E-state index contributed by atoms with van der Waals surface area (Å²) in [5, 5.41) is 0. The Kier molecular flexibility index (Phi) is 4.46. The number of hydrogen-bond donors (Lipinski definition) is 0. The molecule has 0 N–H and O–H groups in total. The summed E-state index contributed by atoms with van der Waals surface area (Å²) in [7, 11) is -2.67. The number of hydrogen-bond acceptors (Lipinski definition) is 4. The molecule has 0 amide bonds. The van der Waals surface area contributed by atoms with Crippen LogP contribution in [0, 0.1) is 11.7 Å². The van der Waals surface area contributed by atoms with Gasteiger partial charge in [0.25, 0.3) is 0 Å². The molecule has 2 rings (SSSR count). The van der Waals surface area contributed by atoms with Gasteiger partial charge in [-0.1, -0.05) is 15.9 Å². The predicted octanol–water partition coefficient (Wildman–Crippen LogP) is 1.77. The average Bonchev–Trinajstić information content (AvgIpc) is 2.87. The summed E-state index contributed by atoms with van der Waals surface area (Å²) in [6, 6.07) is 3.77. The monoisotopic (exact) mass is 365 g/mol. The lowest BCUT2D eigenvalue weighted by Gasteiger charge is -2.16. The van der Waals surface area contributed by atoms with E-state index in [1.54, 1.807) is 0 Å². The Balaban J connectivity index is 2.26. The Morgan fingerprint density at radius 2 is 2.20 bits per heavy atom. The van der Waals surface area contributed by atoms with Gasteiger partial charge in [0.1, 0.15) is 10.7 Å². The third-order valence-corrected chi connectivity index (χ3v) is 5.59. The summed E-state index contributed by atoms with van der Waals surface area (Å²) in [6.45, 7) is 0.197. The fourth-order valence-electron chi connectivity index (χ4n) is 2.13. The highest BCUT2D eigenvalue weighted by molar-refractivity contribution is 9.10. The zero-order chi connectivity index (χ0) is 14.9. The van der Waals surface area contributed by atoms with Crippen molar-refractivity contribution in [2.45, 2.75) is 11.3 Å². The molecule has 20 heavy (non-hydrogen) atoms. The molecule has 1 unspecified atom stereocenters. The van der Waals surface area contributed by atoms with Crippen molar-refractivity contribution in [1.29, 1.82) is 0 Å². The first kappa shape index (κ1) is 15.4. The number of sulfonamides is 1. The molecule has 5 nitrogen and oxygen atoms in total. The minimum Gasteiger partial charge on any atom is -0.469 e. The quantitative estimate of drug-likeness (QED) is 0.765. The molecule has 0 radical (unpaired) electrons. The van der Waals surface area contributed by atoms with Crippen LogP contribution in [0.3, 0.4) is 0 Å². The maximum absolute atomic E-state index is 13.8. The van der Waals surface area contributed by atoms with Gasteiger partial charge < -0.3 is 4.74 Å². The minimum absolute atomic E-state index is 0.0184. The summed E-state index contributed by atoms with van der Waals surface area (Å²) < 4.78 is 44.6. The number of carbonyl (C=O) groups is 1. The number of ether oxygens (including phenoxy) is 1. The van der Waals surface area contributed by atoms with Crippen LogP contribution in [0.1, 0.15) is 6.42 Å². The zero-order valence-corrected chi connectivity index (χ0v) is 13.1. The number of methoxy groups -OCH3 is 1.